The Morgan fingerprint density at radius 3 is 2.50 bits per heavy atom. The summed E-state index contributed by atoms with van der Waals surface area (Å²) in [6, 6.07) is 6.90. The second kappa shape index (κ2) is 8.34. The summed E-state index contributed by atoms with van der Waals surface area (Å²) in [5.74, 6) is 0.759. The van der Waals surface area contributed by atoms with E-state index in [1.54, 1.807) is 0 Å². The Balaban J connectivity index is 2.82. The molecule has 0 amide bonds. The second-order valence-corrected chi connectivity index (χ2v) is 6.68. The van der Waals surface area contributed by atoms with Gasteiger partial charge in [0.05, 0.1) is 0 Å². The molecule has 0 saturated heterocycles. The van der Waals surface area contributed by atoms with Gasteiger partial charge in [-0.25, -0.2) is 0 Å². The molecular formula is C15H23Br2N. The van der Waals surface area contributed by atoms with Gasteiger partial charge in [0.1, 0.15) is 0 Å². The zero-order valence-corrected chi connectivity index (χ0v) is 14.6. The molecule has 0 saturated carbocycles. The van der Waals surface area contributed by atoms with Gasteiger partial charge in [0, 0.05) is 15.0 Å². The van der Waals surface area contributed by atoms with Crippen molar-refractivity contribution in [1.29, 1.82) is 0 Å². The lowest BCUT2D eigenvalue weighted by molar-refractivity contribution is 0.394. The van der Waals surface area contributed by atoms with E-state index in [4.69, 9.17) is 0 Å². The zero-order chi connectivity index (χ0) is 13.5. The number of hydrogen-bond acceptors (Lipinski definition) is 1. The summed E-state index contributed by atoms with van der Waals surface area (Å²) in [7, 11) is 0. The molecule has 1 aromatic carbocycles. The molecule has 0 fully saturated rings. The van der Waals surface area contributed by atoms with E-state index in [2.05, 4.69) is 76.1 Å². The second-order valence-electron chi connectivity index (χ2n) is 4.91. The number of rotatable bonds is 7. The van der Waals surface area contributed by atoms with Crippen LogP contribution in [0.15, 0.2) is 27.1 Å². The molecule has 1 N–H and O–H groups in total. The van der Waals surface area contributed by atoms with Gasteiger partial charge in [-0.05, 0) is 36.6 Å². The molecule has 0 aliphatic heterocycles. The average Bonchev–Trinajstić information content (AvgIpc) is 2.29. The first-order valence-electron chi connectivity index (χ1n) is 6.76. The van der Waals surface area contributed by atoms with Gasteiger partial charge in [-0.15, -0.1) is 0 Å². The van der Waals surface area contributed by atoms with Gasteiger partial charge in [-0.1, -0.05) is 71.5 Å². The van der Waals surface area contributed by atoms with Crippen molar-refractivity contribution in [3.8, 4) is 0 Å². The molecule has 3 heteroatoms. The van der Waals surface area contributed by atoms with Gasteiger partial charge in [0.2, 0.25) is 0 Å². The summed E-state index contributed by atoms with van der Waals surface area (Å²) < 4.78 is 2.31. The molecule has 18 heavy (non-hydrogen) atoms. The van der Waals surface area contributed by atoms with Gasteiger partial charge < -0.3 is 5.32 Å². The van der Waals surface area contributed by atoms with Crippen molar-refractivity contribution in [1.82, 2.24) is 5.32 Å². The van der Waals surface area contributed by atoms with E-state index >= 15 is 0 Å². The minimum Gasteiger partial charge on any atom is -0.310 e. The molecule has 1 nitrogen and oxygen atoms in total. The summed E-state index contributed by atoms with van der Waals surface area (Å²) in [5.41, 5.74) is 1.36. The first-order chi connectivity index (χ1) is 8.58. The van der Waals surface area contributed by atoms with Crippen LogP contribution in [0.25, 0.3) is 0 Å². The first kappa shape index (κ1) is 16.2. The summed E-state index contributed by atoms with van der Waals surface area (Å²) >= 11 is 7.19. The molecule has 1 aromatic rings. The largest absolute Gasteiger partial charge is 0.310 e. The van der Waals surface area contributed by atoms with Crippen molar-refractivity contribution < 1.29 is 0 Å². The predicted octanol–water partition coefficient (Wildman–Crippen LogP) is 5.69. The van der Waals surface area contributed by atoms with Crippen LogP contribution in [0, 0.1) is 5.92 Å². The fourth-order valence-electron chi connectivity index (χ4n) is 2.36. The predicted molar refractivity (Wildman–Crippen MR) is 86.9 cm³/mol. The molecule has 0 spiro atoms. The van der Waals surface area contributed by atoms with Crippen molar-refractivity contribution in [2.75, 3.05) is 6.54 Å². The Hall–Kier alpha value is 0.140. The maximum Gasteiger partial charge on any atom is 0.0333 e. The fourth-order valence-corrected chi connectivity index (χ4v) is 3.69. The third kappa shape index (κ3) is 5.02. The standard InChI is InChI=1S/C15H23Br2N/c1-4-6-11(3)9-15(18-5-2)13-8-7-12(16)10-14(13)17/h7-8,10-11,15,18H,4-6,9H2,1-3H3. The summed E-state index contributed by atoms with van der Waals surface area (Å²) in [6.07, 6.45) is 3.76. The number of hydrogen-bond donors (Lipinski definition) is 1. The minimum atomic E-state index is 0.444. The van der Waals surface area contributed by atoms with Gasteiger partial charge in [0.25, 0.3) is 0 Å². The smallest absolute Gasteiger partial charge is 0.0333 e. The minimum absolute atomic E-state index is 0.444. The van der Waals surface area contributed by atoms with Crippen LogP contribution in [0.5, 0.6) is 0 Å². The van der Waals surface area contributed by atoms with Crippen molar-refractivity contribution in [2.45, 2.75) is 46.1 Å². The van der Waals surface area contributed by atoms with Crippen LogP contribution in [-0.2, 0) is 0 Å². The van der Waals surface area contributed by atoms with E-state index in [1.807, 2.05) is 0 Å². The highest BCUT2D eigenvalue weighted by molar-refractivity contribution is 9.11. The van der Waals surface area contributed by atoms with Gasteiger partial charge in [0.15, 0.2) is 0 Å². The van der Waals surface area contributed by atoms with Crippen molar-refractivity contribution in [3.05, 3.63) is 32.7 Å². The summed E-state index contributed by atoms with van der Waals surface area (Å²) in [5, 5.41) is 3.60. The monoisotopic (exact) mass is 375 g/mol. The average molecular weight is 377 g/mol. The van der Waals surface area contributed by atoms with Crippen LogP contribution in [0.2, 0.25) is 0 Å². The van der Waals surface area contributed by atoms with Crippen LogP contribution in [-0.4, -0.2) is 6.54 Å². The molecule has 1 rings (SSSR count). The third-order valence-corrected chi connectivity index (χ3v) is 4.39. The van der Waals surface area contributed by atoms with Crippen LogP contribution < -0.4 is 5.32 Å². The zero-order valence-electron chi connectivity index (χ0n) is 11.5. The lowest BCUT2D eigenvalue weighted by Crippen LogP contribution is -2.23. The normalized spacial score (nSPS) is 14.5. The van der Waals surface area contributed by atoms with E-state index in [1.165, 1.54) is 29.3 Å². The highest BCUT2D eigenvalue weighted by Crippen LogP contribution is 2.31. The highest BCUT2D eigenvalue weighted by atomic mass is 79.9. The number of benzene rings is 1. The topological polar surface area (TPSA) is 12.0 Å². The van der Waals surface area contributed by atoms with E-state index in [0.717, 1.165) is 16.9 Å². The summed E-state index contributed by atoms with van der Waals surface area (Å²) in [4.78, 5) is 0. The Bertz CT molecular complexity index is 366. The van der Waals surface area contributed by atoms with Crippen LogP contribution in [0.4, 0.5) is 0 Å². The Kier molecular flexibility index (Phi) is 7.50. The van der Waals surface area contributed by atoms with Crippen molar-refractivity contribution in [3.63, 3.8) is 0 Å². The SMILES string of the molecule is CCCC(C)CC(NCC)c1ccc(Br)cc1Br. The van der Waals surface area contributed by atoms with Crippen LogP contribution >= 0.6 is 31.9 Å². The lowest BCUT2D eigenvalue weighted by atomic mass is 9.93. The molecule has 0 aromatic heterocycles. The molecule has 102 valence electrons. The molecular weight excluding hydrogens is 354 g/mol. The van der Waals surface area contributed by atoms with Crippen LogP contribution in [0.1, 0.15) is 51.6 Å². The summed E-state index contributed by atoms with van der Waals surface area (Å²) in [6.45, 7) is 7.78. The molecule has 0 aliphatic carbocycles. The number of halogens is 2. The third-order valence-electron chi connectivity index (χ3n) is 3.21. The van der Waals surface area contributed by atoms with Crippen molar-refractivity contribution >= 4 is 31.9 Å². The van der Waals surface area contributed by atoms with E-state index in [9.17, 15) is 0 Å². The quantitative estimate of drug-likeness (QED) is 0.644. The van der Waals surface area contributed by atoms with Gasteiger partial charge >= 0.3 is 0 Å². The Morgan fingerprint density at radius 1 is 1.22 bits per heavy atom. The number of nitrogens with one attached hydrogen (secondary N) is 1. The Labute approximate surface area is 128 Å². The maximum atomic E-state index is 3.68. The molecule has 0 bridgehead atoms. The Morgan fingerprint density at radius 2 is 1.94 bits per heavy atom. The van der Waals surface area contributed by atoms with Gasteiger partial charge in [-0.3, -0.25) is 0 Å². The lowest BCUT2D eigenvalue weighted by Gasteiger charge is -2.23. The molecule has 0 aliphatic rings. The molecule has 0 heterocycles. The highest BCUT2D eigenvalue weighted by Gasteiger charge is 2.16. The van der Waals surface area contributed by atoms with Crippen molar-refractivity contribution in [2.24, 2.45) is 5.92 Å². The fraction of sp³-hybridized carbons (Fsp3) is 0.600. The first-order valence-corrected chi connectivity index (χ1v) is 8.35. The van der Waals surface area contributed by atoms with E-state index in [-0.39, 0.29) is 0 Å². The van der Waals surface area contributed by atoms with E-state index in [0.29, 0.717) is 6.04 Å². The molecule has 2 atom stereocenters. The van der Waals surface area contributed by atoms with Crippen LogP contribution in [0.3, 0.4) is 0 Å². The van der Waals surface area contributed by atoms with Gasteiger partial charge in [-0.2, -0.15) is 0 Å². The maximum absolute atomic E-state index is 3.68. The molecule has 0 radical (unpaired) electrons. The van der Waals surface area contributed by atoms with E-state index < -0.39 is 0 Å². The molecule has 2 unspecified atom stereocenters.